The minimum Gasteiger partial charge on any atom is -0.255 e. The molecule has 0 aliphatic carbocycles. The van der Waals surface area contributed by atoms with Gasteiger partial charge in [0.2, 0.25) is 0 Å². The Morgan fingerprint density at radius 3 is 1.77 bits per heavy atom. The maximum absolute atomic E-state index is 4.83. The van der Waals surface area contributed by atoms with Crippen LogP contribution in [0.25, 0.3) is 63.7 Å². The Labute approximate surface area is 183 Å². The van der Waals surface area contributed by atoms with Gasteiger partial charge in [-0.25, -0.2) is 0 Å². The van der Waals surface area contributed by atoms with Gasteiger partial charge in [-0.1, -0.05) is 78.9 Å². The van der Waals surface area contributed by atoms with Gasteiger partial charge in [0.15, 0.2) is 0 Å². The summed E-state index contributed by atoms with van der Waals surface area (Å²) >= 11 is 1.83. The van der Waals surface area contributed by atoms with Crippen LogP contribution in [-0.2, 0) is 0 Å². The first-order valence-corrected chi connectivity index (χ1v) is 11.3. The third-order valence-electron chi connectivity index (χ3n) is 6.31. The highest BCUT2D eigenvalue weighted by Gasteiger charge is 2.14. The van der Waals surface area contributed by atoms with Crippen molar-refractivity contribution in [3.8, 4) is 11.3 Å². The number of rotatable bonds is 1. The maximum atomic E-state index is 4.83. The second-order valence-corrected chi connectivity index (χ2v) is 9.04. The van der Waals surface area contributed by atoms with Crippen molar-refractivity contribution in [1.29, 1.82) is 0 Å². The fourth-order valence-electron chi connectivity index (χ4n) is 4.91. The predicted molar refractivity (Wildman–Crippen MR) is 135 cm³/mol. The number of aromatic nitrogens is 1. The Kier molecular flexibility index (Phi) is 3.49. The van der Waals surface area contributed by atoms with E-state index in [-0.39, 0.29) is 0 Å². The number of hydrogen-bond donors (Lipinski definition) is 0. The van der Waals surface area contributed by atoms with E-state index in [0.717, 1.165) is 5.69 Å². The molecule has 2 heterocycles. The summed E-state index contributed by atoms with van der Waals surface area (Å²) in [5, 5.41) is 10.4. The summed E-state index contributed by atoms with van der Waals surface area (Å²) in [4.78, 5) is 4.83. The second kappa shape index (κ2) is 6.37. The first kappa shape index (κ1) is 17.0. The van der Waals surface area contributed by atoms with Crippen LogP contribution in [0.4, 0.5) is 0 Å². The molecule has 0 N–H and O–H groups in total. The summed E-state index contributed by atoms with van der Waals surface area (Å²) in [7, 11) is 0. The zero-order valence-corrected chi connectivity index (χ0v) is 17.5. The minimum absolute atomic E-state index is 1.07. The molecular weight excluding hydrogens is 394 g/mol. The molecule has 1 nitrogen and oxygen atoms in total. The van der Waals surface area contributed by atoms with Gasteiger partial charge >= 0.3 is 0 Å². The Bertz CT molecular complexity index is 1760. The smallest absolute Gasteiger partial charge is 0.0880 e. The fourth-order valence-corrected chi connectivity index (χ4v) is 6.12. The molecule has 31 heavy (non-hydrogen) atoms. The Balaban J connectivity index is 1.60. The van der Waals surface area contributed by atoms with Gasteiger partial charge in [0.25, 0.3) is 0 Å². The topological polar surface area (TPSA) is 12.9 Å². The number of fused-ring (bicyclic) bond motifs is 9. The number of hydrogen-bond acceptors (Lipinski definition) is 2. The molecule has 2 aromatic heterocycles. The van der Waals surface area contributed by atoms with Gasteiger partial charge in [-0.3, -0.25) is 4.98 Å². The molecule has 0 atom stereocenters. The zero-order chi connectivity index (χ0) is 20.4. The molecule has 0 saturated carbocycles. The van der Waals surface area contributed by atoms with E-state index >= 15 is 0 Å². The van der Waals surface area contributed by atoms with E-state index in [1.807, 2.05) is 17.5 Å². The third-order valence-corrected chi connectivity index (χ3v) is 7.50. The van der Waals surface area contributed by atoms with Gasteiger partial charge in [-0.15, -0.1) is 11.3 Å². The standard InChI is InChI=1S/C29H17NS/c1-2-9-21-19(7-1)20-8-3-4-10-22(20)26-17-18(13-14-23(21)26)28-29-25(15-16-30-28)24-11-5-6-12-27(24)31-29/h1-17H. The van der Waals surface area contributed by atoms with E-state index in [4.69, 9.17) is 4.98 Å². The molecular formula is C29H17NS. The summed E-state index contributed by atoms with van der Waals surface area (Å²) in [6.07, 6.45) is 1.94. The lowest BCUT2D eigenvalue weighted by Gasteiger charge is -2.12. The summed E-state index contributed by atoms with van der Waals surface area (Å²) in [5.74, 6) is 0. The van der Waals surface area contributed by atoms with Crippen molar-refractivity contribution in [3.63, 3.8) is 0 Å². The van der Waals surface area contributed by atoms with Gasteiger partial charge in [-0.05, 0) is 50.5 Å². The molecule has 0 amide bonds. The summed E-state index contributed by atoms with van der Waals surface area (Å²) in [5.41, 5.74) is 2.24. The zero-order valence-electron chi connectivity index (χ0n) is 16.7. The highest BCUT2D eigenvalue weighted by molar-refractivity contribution is 7.26. The van der Waals surface area contributed by atoms with Crippen LogP contribution in [0, 0.1) is 0 Å². The molecule has 0 spiro atoms. The van der Waals surface area contributed by atoms with Crippen LogP contribution in [0.15, 0.2) is 103 Å². The van der Waals surface area contributed by atoms with E-state index in [9.17, 15) is 0 Å². The van der Waals surface area contributed by atoms with Crippen molar-refractivity contribution in [3.05, 3.63) is 103 Å². The number of nitrogens with zero attached hydrogens (tertiary/aromatic N) is 1. The molecule has 7 rings (SSSR count). The largest absolute Gasteiger partial charge is 0.255 e. The Morgan fingerprint density at radius 2 is 1.06 bits per heavy atom. The molecule has 5 aromatic carbocycles. The first-order chi connectivity index (χ1) is 15.4. The van der Waals surface area contributed by atoms with Crippen molar-refractivity contribution in [2.75, 3.05) is 0 Å². The summed E-state index contributed by atoms with van der Waals surface area (Å²) < 4.78 is 2.57. The third kappa shape index (κ3) is 2.40. The monoisotopic (exact) mass is 411 g/mol. The van der Waals surface area contributed by atoms with Crippen LogP contribution in [0.2, 0.25) is 0 Å². The lowest BCUT2D eigenvalue weighted by Crippen LogP contribution is -1.87. The Morgan fingerprint density at radius 1 is 0.484 bits per heavy atom. The van der Waals surface area contributed by atoms with Crippen LogP contribution in [-0.4, -0.2) is 4.98 Å². The van der Waals surface area contributed by atoms with Crippen molar-refractivity contribution in [1.82, 2.24) is 4.98 Å². The second-order valence-electron chi connectivity index (χ2n) is 7.99. The number of pyridine rings is 1. The number of benzene rings is 5. The highest BCUT2D eigenvalue weighted by atomic mass is 32.1. The van der Waals surface area contributed by atoms with Crippen LogP contribution >= 0.6 is 11.3 Å². The van der Waals surface area contributed by atoms with E-state index < -0.39 is 0 Å². The first-order valence-electron chi connectivity index (χ1n) is 10.5. The van der Waals surface area contributed by atoms with E-state index in [0.29, 0.717) is 0 Å². The average molecular weight is 412 g/mol. The number of thiophene rings is 1. The summed E-state index contributed by atoms with van der Waals surface area (Å²) in [6.45, 7) is 0. The van der Waals surface area contributed by atoms with E-state index in [1.165, 1.54) is 58.1 Å². The molecule has 0 bridgehead atoms. The van der Waals surface area contributed by atoms with Crippen LogP contribution in [0.5, 0.6) is 0 Å². The van der Waals surface area contributed by atoms with Crippen LogP contribution in [0.1, 0.15) is 0 Å². The molecule has 2 heteroatoms. The van der Waals surface area contributed by atoms with E-state index in [1.54, 1.807) is 0 Å². The van der Waals surface area contributed by atoms with Gasteiger partial charge in [0.05, 0.1) is 10.4 Å². The summed E-state index contributed by atoms with van der Waals surface area (Å²) in [6, 6.07) is 35.0. The van der Waals surface area contributed by atoms with Gasteiger partial charge < -0.3 is 0 Å². The SMILES string of the molecule is c1ccc2c(c1)sc1c(-c3ccc4c5ccccc5c5ccccc5c4c3)nccc12. The molecule has 0 aliphatic heterocycles. The highest BCUT2D eigenvalue weighted by Crippen LogP contribution is 2.41. The quantitative estimate of drug-likeness (QED) is 0.247. The van der Waals surface area contributed by atoms with Gasteiger partial charge in [-0.2, -0.15) is 0 Å². The minimum atomic E-state index is 1.07. The van der Waals surface area contributed by atoms with Crippen molar-refractivity contribution in [2.45, 2.75) is 0 Å². The molecule has 0 saturated heterocycles. The molecule has 0 fully saturated rings. The lowest BCUT2D eigenvalue weighted by molar-refractivity contribution is 1.37. The molecule has 0 radical (unpaired) electrons. The van der Waals surface area contributed by atoms with Crippen LogP contribution < -0.4 is 0 Å². The van der Waals surface area contributed by atoms with Crippen molar-refractivity contribution in [2.24, 2.45) is 0 Å². The van der Waals surface area contributed by atoms with Gasteiger partial charge in [0, 0.05) is 27.2 Å². The van der Waals surface area contributed by atoms with E-state index in [2.05, 4.69) is 97.1 Å². The molecule has 0 aliphatic rings. The van der Waals surface area contributed by atoms with Gasteiger partial charge in [0.1, 0.15) is 0 Å². The molecule has 0 unspecified atom stereocenters. The molecule has 7 aromatic rings. The normalized spacial score (nSPS) is 11.9. The lowest BCUT2D eigenvalue weighted by atomic mass is 9.93. The van der Waals surface area contributed by atoms with Crippen LogP contribution in [0.3, 0.4) is 0 Å². The fraction of sp³-hybridized carbons (Fsp3) is 0. The molecule has 144 valence electrons. The predicted octanol–water partition coefficient (Wildman–Crippen LogP) is 8.58. The maximum Gasteiger partial charge on any atom is 0.0880 e. The Hall–Kier alpha value is -3.75. The van der Waals surface area contributed by atoms with Crippen molar-refractivity contribution >= 4 is 63.8 Å². The average Bonchev–Trinajstić information content (AvgIpc) is 3.23. The van der Waals surface area contributed by atoms with Crippen molar-refractivity contribution < 1.29 is 0 Å².